The first-order valence-corrected chi connectivity index (χ1v) is 7.15. The highest BCUT2D eigenvalue weighted by molar-refractivity contribution is 5.96. The maximum absolute atomic E-state index is 12.3. The molecule has 0 saturated carbocycles. The van der Waals surface area contributed by atoms with Gasteiger partial charge in [0.05, 0.1) is 0 Å². The summed E-state index contributed by atoms with van der Waals surface area (Å²) in [5.41, 5.74) is 6.39. The van der Waals surface area contributed by atoms with Crippen LogP contribution in [0.25, 0.3) is 0 Å². The fourth-order valence-corrected chi connectivity index (χ4v) is 2.33. The fourth-order valence-electron chi connectivity index (χ4n) is 2.33. The molecule has 1 aromatic rings. The van der Waals surface area contributed by atoms with Gasteiger partial charge in [0.2, 0.25) is 0 Å². The van der Waals surface area contributed by atoms with Crippen molar-refractivity contribution in [3.8, 4) is 11.5 Å². The van der Waals surface area contributed by atoms with Gasteiger partial charge in [0, 0.05) is 12.0 Å². The normalized spacial score (nSPS) is 14.2. The van der Waals surface area contributed by atoms with Crippen LogP contribution in [0.15, 0.2) is 18.2 Å². The van der Waals surface area contributed by atoms with Crippen molar-refractivity contribution in [2.24, 2.45) is 11.1 Å². The van der Waals surface area contributed by atoms with E-state index in [0.717, 1.165) is 18.6 Å². The number of ether oxygens (including phenoxy) is 2. The molecule has 2 rings (SSSR count). The number of rotatable bonds is 6. The Morgan fingerprint density at radius 2 is 1.90 bits per heavy atom. The molecule has 2 N–H and O–H groups in total. The molecule has 0 spiro atoms. The molecule has 0 atom stereocenters. The summed E-state index contributed by atoms with van der Waals surface area (Å²) in [5.74, 6) is 1.53. The van der Waals surface area contributed by atoms with E-state index in [1.165, 1.54) is 0 Å². The number of hydrogen-bond acceptors (Lipinski definition) is 4. The highest BCUT2D eigenvalue weighted by atomic mass is 16.6. The van der Waals surface area contributed by atoms with Crippen LogP contribution in [0.2, 0.25) is 0 Å². The van der Waals surface area contributed by atoms with Gasteiger partial charge in [0.25, 0.3) is 0 Å². The van der Waals surface area contributed by atoms with Crippen LogP contribution in [-0.4, -0.2) is 25.5 Å². The Balaban J connectivity index is 1.99. The van der Waals surface area contributed by atoms with Crippen LogP contribution < -0.4 is 15.2 Å². The van der Waals surface area contributed by atoms with Gasteiger partial charge in [0.1, 0.15) is 13.2 Å². The van der Waals surface area contributed by atoms with E-state index in [-0.39, 0.29) is 11.2 Å². The first-order valence-electron chi connectivity index (χ1n) is 7.15. The minimum atomic E-state index is 0.109. The van der Waals surface area contributed by atoms with Crippen molar-refractivity contribution in [1.82, 2.24) is 0 Å². The smallest absolute Gasteiger partial charge is 0.163 e. The number of ketones is 1. The first kappa shape index (κ1) is 14.9. The van der Waals surface area contributed by atoms with E-state index in [2.05, 4.69) is 13.8 Å². The van der Waals surface area contributed by atoms with E-state index in [0.29, 0.717) is 37.5 Å². The molecule has 1 aliphatic rings. The van der Waals surface area contributed by atoms with Crippen molar-refractivity contribution in [3.05, 3.63) is 23.8 Å². The van der Waals surface area contributed by atoms with Crippen molar-refractivity contribution < 1.29 is 14.3 Å². The van der Waals surface area contributed by atoms with Crippen molar-refractivity contribution in [1.29, 1.82) is 0 Å². The summed E-state index contributed by atoms with van der Waals surface area (Å²) < 4.78 is 11.0. The van der Waals surface area contributed by atoms with Crippen LogP contribution in [0.1, 0.15) is 43.5 Å². The van der Waals surface area contributed by atoms with Gasteiger partial charge in [-0.15, -0.1) is 0 Å². The largest absolute Gasteiger partial charge is 0.486 e. The lowest BCUT2D eigenvalue weighted by molar-refractivity contribution is 0.0960. The summed E-state index contributed by atoms with van der Waals surface area (Å²) in [4.78, 5) is 12.3. The lowest BCUT2D eigenvalue weighted by Gasteiger charge is -2.23. The average Bonchev–Trinajstić information content (AvgIpc) is 2.44. The molecule has 0 bridgehead atoms. The molecule has 1 heterocycles. The predicted molar refractivity (Wildman–Crippen MR) is 78.4 cm³/mol. The zero-order valence-corrected chi connectivity index (χ0v) is 12.3. The highest BCUT2D eigenvalue weighted by Crippen LogP contribution is 2.32. The Morgan fingerprint density at radius 3 is 2.60 bits per heavy atom. The third-order valence-corrected chi connectivity index (χ3v) is 3.71. The van der Waals surface area contributed by atoms with E-state index in [4.69, 9.17) is 15.2 Å². The van der Waals surface area contributed by atoms with Crippen molar-refractivity contribution in [3.63, 3.8) is 0 Å². The third kappa shape index (κ3) is 3.73. The molecule has 1 aromatic carbocycles. The van der Waals surface area contributed by atoms with Gasteiger partial charge < -0.3 is 15.2 Å². The van der Waals surface area contributed by atoms with Gasteiger partial charge in [-0.25, -0.2) is 0 Å². The molecule has 110 valence electrons. The van der Waals surface area contributed by atoms with E-state index in [9.17, 15) is 4.79 Å². The van der Waals surface area contributed by atoms with Crippen molar-refractivity contribution in [2.75, 3.05) is 19.8 Å². The van der Waals surface area contributed by atoms with Gasteiger partial charge in [-0.2, -0.15) is 0 Å². The molecule has 20 heavy (non-hydrogen) atoms. The number of Topliss-reactive ketones (excluding diaryl/α,β-unsaturated/α-hetero) is 1. The molecule has 1 aliphatic heterocycles. The maximum atomic E-state index is 12.3. The maximum Gasteiger partial charge on any atom is 0.163 e. The zero-order valence-electron chi connectivity index (χ0n) is 12.3. The highest BCUT2D eigenvalue weighted by Gasteiger charge is 2.20. The molecule has 0 unspecified atom stereocenters. The first-order chi connectivity index (χ1) is 9.52. The summed E-state index contributed by atoms with van der Waals surface area (Å²) in [5, 5.41) is 0. The molecule has 4 nitrogen and oxygen atoms in total. The summed E-state index contributed by atoms with van der Waals surface area (Å²) in [7, 11) is 0. The Morgan fingerprint density at radius 1 is 1.20 bits per heavy atom. The quantitative estimate of drug-likeness (QED) is 0.812. The minimum absolute atomic E-state index is 0.109. The molecule has 4 heteroatoms. The standard InChI is InChI=1S/C16H23NO3/c1-16(2,7-8-17)6-5-13(18)12-3-4-14-15(11-12)20-10-9-19-14/h3-4,11H,5-10,17H2,1-2H3. The number of benzene rings is 1. The number of carbonyl (C=O) groups is 1. The summed E-state index contributed by atoms with van der Waals surface area (Å²) in [6, 6.07) is 5.41. The predicted octanol–water partition coefficient (Wildman–Crippen LogP) is 2.80. The van der Waals surface area contributed by atoms with Crippen LogP contribution in [0, 0.1) is 5.41 Å². The van der Waals surface area contributed by atoms with Crippen molar-refractivity contribution in [2.45, 2.75) is 33.1 Å². The molecule has 0 radical (unpaired) electrons. The number of fused-ring (bicyclic) bond motifs is 1. The molecule has 0 saturated heterocycles. The van der Waals surface area contributed by atoms with Gasteiger partial charge in [0.15, 0.2) is 17.3 Å². The fraction of sp³-hybridized carbons (Fsp3) is 0.562. The molecule has 0 amide bonds. The minimum Gasteiger partial charge on any atom is -0.486 e. The van der Waals surface area contributed by atoms with Crippen molar-refractivity contribution >= 4 is 5.78 Å². The zero-order chi connectivity index (χ0) is 14.6. The lowest BCUT2D eigenvalue weighted by Crippen LogP contribution is -2.19. The lowest BCUT2D eigenvalue weighted by atomic mass is 9.83. The van der Waals surface area contributed by atoms with E-state index in [1.807, 2.05) is 12.1 Å². The van der Waals surface area contributed by atoms with Gasteiger partial charge in [-0.1, -0.05) is 13.8 Å². The topological polar surface area (TPSA) is 61.6 Å². The molecular weight excluding hydrogens is 254 g/mol. The van der Waals surface area contributed by atoms with Gasteiger partial charge in [-0.3, -0.25) is 4.79 Å². The summed E-state index contributed by atoms with van der Waals surface area (Å²) in [6.45, 7) is 6.06. The van der Waals surface area contributed by atoms with Crippen LogP contribution >= 0.6 is 0 Å². The third-order valence-electron chi connectivity index (χ3n) is 3.71. The Kier molecular flexibility index (Phi) is 4.65. The molecule has 0 aliphatic carbocycles. The number of carbonyl (C=O) groups excluding carboxylic acids is 1. The molecule has 0 aromatic heterocycles. The molecular formula is C16H23NO3. The van der Waals surface area contributed by atoms with Gasteiger partial charge >= 0.3 is 0 Å². The summed E-state index contributed by atoms with van der Waals surface area (Å²) >= 11 is 0. The number of hydrogen-bond donors (Lipinski definition) is 1. The Bertz CT molecular complexity index is 483. The van der Waals surface area contributed by atoms with E-state index >= 15 is 0 Å². The van der Waals surface area contributed by atoms with E-state index < -0.39 is 0 Å². The van der Waals surface area contributed by atoms with Crippen LogP contribution in [-0.2, 0) is 0 Å². The Labute approximate surface area is 120 Å². The van der Waals surface area contributed by atoms with Crippen LogP contribution in [0.5, 0.6) is 11.5 Å². The second kappa shape index (κ2) is 6.27. The second-order valence-corrected chi connectivity index (χ2v) is 5.98. The van der Waals surface area contributed by atoms with E-state index in [1.54, 1.807) is 6.07 Å². The Hall–Kier alpha value is -1.55. The summed E-state index contributed by atoms with van der Waals surface area (Å²) in [6.07, 6.45) is 2.31. The monoisotopic (exact) mass is 277 g/mol. The van der Waals surface area contributed by atoms with Crippen LogP contribution in [0.3, 0.4) is 0 Å². The van der Waals surface area contributed by atoms with Crippen LogP contribution in [0.4, 0.5) is 0 Å². The SMILES string of the molecule is CC(C)(CCN)CCC(=O)c1ccc2c(c1)OCCO2. The molecule has 0 fully saturated rings. The number of nitrogens with two attached hydrogens (primary N) is 1. The second-order valence-electron chi connectivity index (χ2n) is 5.98. The van der Waals surface area contributed by atoms with Gasteiger partial charge in [-0.05, 0) is 43.0 Å². The average molecular weight is 277 g/mol.